The number of halogens is 1. The average Bonchev–Trinajstić information content (AvgIpc) is 3.38. The van der Waals surface area contributed by atoms with Gasteiger partial charge in [0.2, 0.25) is 5.91 Å². The van der Waals surface area contributed by atoms with Crippen molar-refractivity contribution in [2.75, 3.05) is 34.3 Å². The Morgan fingerprint density at radius 3 is 2.15 bits per heavy atom. The lowest BCUT2D eigenvalue weighted by Gasteiger charge is -2.32. The van der Waals surface area contributed by atoms with Crippen LogP contribution in [0.4, 0.5) is 4.48 Å². The zero-order valence-corrected chi connectivity index (χ0v) is 27.1. The fraction of sp³-hybridized carbons (Fsp3) is 0.727. The molecule has 0 saturated heterocycles. The molecule has 2 saturated carbocycles. The van der Waals surface area contributed by atoms with Gasteiger partial charge in [-0.25, -0.2) is 0 Å². The molecule has 2 fully saturated rings. The number of methoxy groups -OCH3 is 1. The predicted molar refractivity (Wildman–Crippen MR) is 167 cm³/mol. The lowest BCUT2D eigenvalue weighted by Crippen LogP contribution is -2.22. The summed E-state index contributed by atoms with van der Waals surface area (Å²) in [5.41, 5.74) is 10.3. The first kappa shape index (κ1) is 37.1. The number of benzene rings is 1. The summed E-state index contributed by atoms with van der Waals surface area (Å²) >= 11 is 0. The summed E-state index contributed by atoms with van der Waals surface area (Å²) in [7, 11) is 5.37. The second-order valence-corrected chi connectivity index (χ2v) is 12.1. The second-order valence-electron chi connectivity index (χ2n) is 12.1. The van der Waals surface area contributed by atoms with E-state index in [1.54, 1.807) is 7.11 Å². The van der Waals surface area contributed by atoms with Crippen LogP contribution < -0.4 is 15.8 Å². The molecule has 0 spiro atoms. The van der Waals surface area contributed by atoms with Crippen LogP contribution in [0.3, 0.4) is 0 Å². The van der Waals surface area contributed by atoms with Crippen LogP contribution in [0.25, 0.3) is 5.57 Å². The zero-order valence-electron chi connectivity index (χ0n) is 27.1. The molecule has 0 radical (unpaired) electrons. The molecule has 1 aromatic rings. The van der Waals surface area contributed by atoms with Crippen molar-refractivity contribution in [1.29, 1.82) is 0 Å². The third-order valence-electron chi connectivity index (χ3n) is 8.15. The van der Waals surface area contributed by atoms with Crippen molar-refractivity contribution in [3.8, 4) is 5.75 Å². The number of ether oxygens (including phenoxy) is 1. The monoisotopic (exact) mass is 549 g/mol. The van der Waals surface area contributed by atoms with E-state index in [-0.39, 0.29) is 5.91 Å². The predicted octanol–water partition coefficient (Wildman–Crippen LogP) is 8.11. The number of unbranched alkanes of at least 4 members (excludes halogenated alkanes) is 2. The molecular formula is C33H60FN3O2. The Morgan fingerprint density at radius 1 is 1.18 bits per heavy atom. The van der Waals surface area contributed by atoms with Crippen molar-refractivity contribution in [2.45, 2.75) is 107 Å². The SMILES string of the molecule is CC/C(C)=C(/C(N)=O)c1cccc(OC)c1C.CC12CCC(C1)C(C)(C)C2.CCCCCN(F)CC.CNC. The minimum atomic E-state index is -0.388. The van der Waals surface area contributed by atoms with Crippen molar-refractivity contribution >= 4 is 11.5 Å². The normalized spacial score (nSPS) is 21.0. The number of fused-ring (bicyclic) bond motifs is 2. The lowest BCUT2D eigenvalue weighted by molar-refractivity contribution is -0.112. The number of nitrogens with one attached hydrogen (secondary N) is 1. The Kier molecular flexibility index (Phi) is 17.5. The van der Waals surface area contributed by atoms with Crippen LogP contribution in [0, 0.1) is 23.7 Å². The number of rotatable bonds is 9. The molecule has 2 atom stereocenters. The summed E-state index contributed by atoms with van der Waals surface area (Å²) in [6.45, 7) is 18.3. The fourth-order valence-electron chi connectivity index (χ4n) is 5.94. The van der Waals surface area contributed by atoms with Crippen LogP contribution in [-0.4, -0.2) is 45.3 Å². The molecule has 2 aliphatic carbocycles. The Morgan fingerprint density at radius 2 is 1.79 bits per heavy atom. The molecular weight excluding hydrogens is 489 g/mol. The molecule has 2 bridgehead atoms. The molecule has 1 aromatic carbocycles. The highest BCUT2D eigenvalue weighted by molar-refractivity contribution is 6.20. The van der Waals surface area contributed by atoms with E-state index in [1.807, 2.05) is 60.0 Å². The van der Waals surface area contributed by atoms with Gasteiger partial charge in [-0.3, -0.25) is 4.79 Å². The van der Waals surface area contributed by atoms with Crippen molar-refractivity contribution in [3.63, 3.8) is 0 Å². The van der Waals surface area contributed by atoms with E-state index in [4.69, 9.17) is 10.5 Å². The highest BCUT2D eigenvalue weighted by Gasteiger charge is 2.51. The van der Waals surface area contributed by atoms with Gasteiger partial charge in [0.05, 0.1) is 7.11 Å². The smallest absolute Gasteiger partial charge is 0.249 e. The Labute approximate surface area is 240 Å². The minimum absolute atomic E-state index is 0.388. The first-order valence-corrected chi connectivity index (χ1v) is 14.9. The number of primary amides is 1. The summed E-state index contributed by atoms with van der Waals surface area (Å²) < 4.78 is 17.5. The third-order valence-corrected chi connectivity index (χ3v) is 8.15. The first-order valence-electron chi connectivity index (χ1n) is 14.9. The van der Waals surface area contributed by atoms with Crippen LogP contribution in [0.15, 0.2) is 23.8 Å². The van der Waals surface area contributed by atoms with E-state index in [2.05, 4.69) is 33.0 Å². The summed E-state index contributed by atoms with van der Waals surface area (Å²) in [6.07, 6.45) is 10.1. The summed E-state index contributed by atoms with van der Waals surface area (Å²) in [6, 6.07) is 5.64. The molecule has 2 aliphatic rings. The average molecular weight is 550 g/mol. The quantitative estimate of drug-likeness (QED) is 0.185. The van der Waals surface area contributed by atoms with Gasteiger partial charge < -0.3 is 15.8 Å². The molecule has 1 amide bonds. The number of nitrogens with two attached hydrogens (primary N) is 1. The Hall–Kier alpha value is -1.92. The van der Waals surface area contributed by atoms with Crippen molar-refractivity contribution in [3.05, 3.63) is 34.9 Å². The van der Waals surface area contributed by atoms with Crippen molar-refractivity contribution < 1.29 is 14.0 Å². The van der Waals surface area contributed by atoms with Crippen LogP contribution in [0.1, 0.15) is 111 Å². The Balaban J connectivity index is 0.000000560. The molecule has 0 aromatic heterocycles. The van der Waals surface area contributed by atoms with Gasteiger partial charge in [-0.05, 0) is 107 Å². The molecule has 0 heterocycles. The van der Waals surface area contributed by atoms with Crippen molar-refractivity contribution in [2.24, 2.45) is 22.5 Å². The van der Waals surface area contributed by atoms with E-state index in [0.717, 1.165) is 64.6 Å². The highest BCUT2D eigenvalue weighted by atomic mass is 19.2. The molecule has 6 heteroatoms. The van der Waals surface area contributed by atoms with Gasteiger partial charge in [0.15, 0.2) is 0 Å². The summed E-state index contributed by atoms with van der Waals surface area (Å²) in [5, 5.41) is 3.61. The lowest BCUT2D eigenvalue weighted by atomic mass is 9.73. The third kappa shape index (κ3) is 12.4. The standard InChI is InChI=1S/C14H19NO2.C10H18.C7H16FN.C2H7N/c1-5-9(2)13(14(15)16)11-7-6-8-12(17-4)10(11)3;1-9(2)7-10(3)5-4-8(9)6-10;1-3-5-6-7-9(8)4-2;1-3-2/h6-8H,5H2,1-4H3,(H2,15,16);8H,4-7H2,1-3H3;3-7H2,1-2H3;3H,1-2H3/b13-9+;;;. The van der Waals surface area contributed by atoms with E-state index < -0.39 is 0 Å². The van der Waals surface area contributed by atoms with Gasteiger partial charge in [-0.1, -0.05) is 65.2 Å². The van der Waals surface area contributed by atoms with Crippen LogP contribution in [0.5, 0.6) is 5.75 Å². The van der Waals surface area contributed by atoms with E-state index in [9.17, 15) is 9.28 Å². The van der Waals surface area contributed by atoms with E-state index in [0.29, 0.717) is 24.1 Å². The molecule has 226 valence electrons. The van der Waals surface area contributed by atoms with Gasteiger partial charge in [-0.2, -0.15) is 0 Å². The van der Waals surface area contributed by atoms with Crippen LogP contribution in [-0.2, 0) is 4.79 Å². The largest absolute Gasteiger partial charge is 0.496 e. The number of nitrogens with zero attached hydrogens (tertiary/aromatic N) is 1. The van der Waals surface area contributed by atoms with Gasteiger partial charge in [0.1, 0.15) is 5.75 Å². The van der Waals surface area contributed by atoms with Crippen molar-refractivity contribution in [1.82, 2.24) is 10.4 Å². The summed E-state index contributed by atoms with van der Waals surface area (Å²) in [5.74, 6) is 1.43. The maximum Gasteiger partial charge on any atom is 0.249 e. The number of allylic oxidation sites excluding steroid dienone is 1. The maximum absolute atomic E-state index is 12.3. The van der Waals surface area contributed by atoms with E-state index in [1.165, 1.54) is 25.7 Å². The number of amides is 1. The number of hydrogen-bond donors (Lipinski definition) is 2. The van der Waals surface area contributed by atoms with E-state index >= 15 is 0 Å². The van der Waals surface area contributed by atoms with Gasteiger partial charge in [0.25, 0.3) is 0 Å². The maximum atomic E-state index is 12.3. The second kappa shape index (κ2) is 18.4. The van der Waals surface area contributed by atoms with Gasteiger partial charge in [0, 0.05) is 18.7 Å². The van der Waals surface area contributed by atoms with Gasteiger partial charge in [-0.15, -0.1) is 9.60 Å². The molecule has 0 aliphatic heterocycles. The van der Waals surface area contributed by atoms with Gasteiger partial charge >= 0.3 is 0 Å². The minimum Gasteiger partial charge on any atom is -0.496 e. The number of carbonyl (C=O) groups excluding carboxylic acids is 1. The molecule has 2 unspecified atom stereocenters. The zero-order chi connectivity index (χ0) is 30.2. The van der Waals surface area contributed by atoms with Crippen LogP contribution >= 0.6 is 0 Å². The molecule has 39 heavy (non-hydrogen) atoms. The molecule has 5 nitrogen and oxygen atoms in total. The number of hydrogen-bond acceptors (Lipinski definition) is 4. The number of carbonyl (C=O) groups is 1. The fourth-order valence-corrected chi connectivity index (χ4v) is 5.94. The molecule has 3 N–H and O–H groups in total. The molecule has 3 rings (SSSR count). The Bertz CT molecular complexity index is 881. The summed E-state index contributed by atoms with van der Waals surface area (Å²) in [4.78, 5) is 11.6. The first-order chi connectivity index (χ1) is 18.3. The topological polar surface area (TPSA) is 67.6 Å². The highest BCUT2D eigenvalue weighted by Crippen LogP contribution is 2.62. The van der Waals surface area contributed by atoms with Crippen LogP contribution in [0.2, 0.25) is 0 Å².